The van der Waals surface area contributed by atoms with Crippen LogP contribution in [0, 0.1) is 5.92 Å². The number of benzene rings is 1. The molecule has 0 bridgehead atoms. The zero-order valence-corrected chi connectivity index (χ0v) is 12.6. The Kier molecular flexibility index (Phi) is 5.26. The summed E-state index contributed by atoms with van der Waals surface area (Å²) in [6, 6.07) is 5.56. The van der Waals surface area contributed by atoms with Crippen molar-refractivity contribution in [1.82, 2.24) is 4.90 Å². The lowest BCUT2D eigenvalue weighted by atomic mass is 10.1. The molecule has 0 spiro atoms. The average Bonchev–Trinajstić information content (AvgIpc) is 2.94. The van der Waals surface area contributed by atoms with E-state index in [9.17, 15) is 5.11 Å². The van der Waals surface area contributed by atoms with Crippen LogP contribution in [0.3, 0.4) is 0 Å². The van der Waals surface area contributed by atoms with E-state index < -0.39 is 6.10 Å². The van der Waals surface area contributed by atoms with Gasteiger partial charge in [-0.3, -0.25) is 0 Å². The first-order valence-electron chi connectivity index (χ1n) is 7.30. The Balaban J connectivity index is 2.03. The summed E-state index contributed by atoms with van der Waals surface area (Å²) in [5.41, 5.74) is 0.827. The van der Waals surface area contributed by atoms with Crippen LogP contribution in [0.4, 0.5) is 0 Å². The van der Waals surface area contributed by atoms with E-state index in [2.05, 4.69) is 11.8 Å². The molecular formula is C16H25NO3. The van der Waals surface area contributed by atoms with E-state index in [4.69, 9.17) is 9.47 Å². The number of rotatable bonds is 6. The first-order chi connectivity index (χ1) is 9.67. The normalized spacial score (nSPS) is 20.9. The number of β-amino-alcohol motifs (C(OH)–C–C–N with tert-alkyl or cyclic N) is 1. The minimum absolute atomic E-state index is 0.522. The van der Waals surface area contributed by atoms with Gasteiger partial charge in [0.1, 0.15) is 11.5 Å². The lowest BCUT2D eigenvalue weighted by Gasteiger charge is -2.22. The Morgan fingerprint density at radius 3 is 2.75 bits per heavy atom. The molecule has 2 atom stereocenters. The van der Waals surface area contributed by atoms with Gasteiger partial charge in [0.05, 0.1) is 20.3 Å². The fourth-order valence-electron chi connectivity index (χ4n) is 2.85. The Morgan fingerprint density at radius 2 is 2.15 bits per heavy atom. The summed E-state index contributed by atoms with van der Waals surface area (Å²) in [5.74, 6) is 2.20. The SMILES string of the molecule is CCC1CCN(CC(O)c2ccc(OC)cc2OC)C1. The van der Waals surface area contributed by atoms with Crippen LogP contribution in [0.5, 0.6) is 11.5 Å². The van der Waals surface area contributed by atoms with Gasteiger partial charge in [-0.05, 0) is 31.0 Å². The number of hydrogen-bond donors (Lipinski definition) is 1. The molecule has 1 heterocycles. The van der Waals surface area contributed by atoms with Crippen molar-refractivity contribution in [2.24, 2.45) is 5.92 Å². The van der Waals surface area contributed by atoms with E-state index in [-0.39, 0.29) is 0 Å². The standard InChI is InChI=1S/C16H25NO3/c1-4-12-7-8-17(10-12)11-15(18)14-6-5-13(19-2)9-16(14)20-3/h5-6,9,12,15,18H,4,7-8,10-11H2,1-3H3. The number of aliphatic hydroxyl groups excluding tert-OH is 1. The van der Waals surface area contributed by atoms with Crippen LogP contribution in [0.2, 0.25) is 0 Å². The zero-order chi connectivity index (χ0) is 14.5. The second-order valence-corrected chi connectivity index (χ2v) is 5.45. The second kappa shape index (κ2) is 6.95. The van der Waals surface area contributed by atoms with Crippen molar-refractivity contribution in [1.29, 1.82) is 0 Å². The molecule has 1 aromatic carbocycles. The molecule has 20 heavy (non-hydrogen) atoms. The quantitative estimate of drug-likeness (QED) is 0.868. The molecule has 4 heteroatoms. The van der Waals surface area contributed by atoms with Crippen LogP contribution in [0.15, 0.2) is 18.2 Å². The van der Waals surface area contributed by atoms with Crippen LogP contribution < -0.4 is 9.47 Å². The molecule has 0 amide bonds. The molecule has 0 aliphatic carbocycles. The van der Waals surface area contributed by atoms with Crippen molar-refractivity contribution >= 4 is 0 Å². The van der Waals surface area contributed by atoms with Crippen LogP contribution in [-0.4, -0.2) is 43.9 Å². The van der Waals surface area contributed by atoms with E-state index in [1.54, 1.807) is 14.2 Å². The highest BCUT2D eigenvalue weighted by molar-refractivity contribution is 5.42. The van der Waals surface area contributed by atoms with Gasteiger partial charge >= 0.3 is 0 Å². The van der Waals surface area contributed by atoms with Crippen LogP contribution >= 0.6 is 0 Å². The van der Waals surface area contributed by atoms with Gasteiger partial charge in [0.15, 0.2) is 0 Å². The summed E-state index contributed by atoms with van der Waals surface area (Å²) in [4.78, 5) is 2.34. The highest BCUT2D eigenvalue weighted by Crippen LogP contribution is 2.31. The minimum atomic E-state index is -0.522. The topological polar surface area (TPSA) is 41.9 Å². The summed E-state index contributed by atoms with van der Waals surface area (Å²) in [6.45, 7) is 5.07. The molecule has 112 valence electrons. The molecule has 0 radical (unpaired) electrons. The maximum atomic E-state index is 10.5. The van der Waals surface area contributed by atoms with Gasteiger partial charge in [-0.25, -0.2) is 0 Å². The lowest BCUT2D eigenvalue weighted by Crippen LogP contribution is -2.26. The van der Waals surface area contributed by atoms with Crippen LogP contribution in [0.25, 0.3) is 0 Å². The van der Waals surface area contributed by atoms with Gasteiger partial charge < -0.3 is 19.5 Å². The van der Waals surface area contributed by atoms with E-state index >= 15 is 0 Å². The van der Waals surface area contributed by atoms with Gasteiger partial charge in [-0.2, -0.15) is 0 Å². The molecule has 1 aliphatic rings. The van der Waals surface area contributed by atoms with Crippen molar-refractivity contribution in [3.8, 4) is 11.5 Å². The fourth-order valence-corrected chi connectivity index (χ4v) is 2.85. The Hall–Kier alpha value is -1.26. The maximum Gasteiger partial charge on any atom is 0.128 e. The van der Waals surface area contributed by atoms with E-state index in [0.29, 0.717) is 12.3 Å². The number of ether oxygens (including phenoxy) is 2. The maximum absolute atomic E-state index is 10.5. The average molecular weight is 279 g/mol. The summed E-state index contributed by atoms with van der Waals surface area (Å²) in [7, 11) is 3.24. The Labute approximate surface area is 121 Å². The number of methoxy groups -OCH3 is 2. The van der Waals surface area contributed by atoms with Crippen LogP contribution in [0.1, 0.15) is 31.4 Å². The highest BCUT2D eigenvalue weighted by Gasteiger charge is 2.24. The molecule has 1 fully saturated rings. The predicted molar refractivity (Wildman–Crippen MR) is 79.3 cm³/mol. The molecular weight excluding hydrogens is 254 g/mol. The molecule has 1 saturated heterocycles. The third-order valence-electron chi connectivity index (χ3n) is 4.18. The van der Waals surface area contributed by atoms with Crippen molar-refractivity contribution in [3.05, 3.63) is 23.8 Å². The van der Waals surface area contributed by atoms with Gasteiger partial charge in [0.25, 0.3) is 0 Å². The molecule has 2 rings (SSSR count). The second-order valence-electron chi connectivity index (χ2n) is 5.45. The monoisotopic (exact) mass is 279 g/mol. The summed E-state index contributed by atoms with van der Waals surface area (Å²) < 4.78 is 10.5. The number of aliphatic hydroxyl groups is 1. The fraction of sp³-hybridized carbons (Fsp3) is 0.625. The van der Waals surface area contributed by atoms with Crippen molar-refractivity contribution in [3.63, 3.8) is 0 Å². The molecule has 0 saturated carbocycles. The van der Waals surface area contributed by atoms with Gasteiger partial charge in [-0.15, -0.1) is 0 Å². The summed E-state index contributed by atoms with van der Waals surface area (Å²) in [6.07, 6.45) is 1.94. The molecule has 1 aliphatic heterocycles. The molecule has 1 aromatic rings. The number of hydrogen-bond acceptors (Lipinski definition) is 4. The first kappa shape index (κ1) is 15.1. The van der Waals surface area contributed by atoms with E-state index in [0.717, 1.165) is 30.3 Å². The largest absolute Gasteiger partial charge is 0.497 e. The minimum Gasteiger partial charge on any atom is -0.497 e. The smallest absolute Gasteiger partial charge is 0.128 e. The van der Waals surface area contributed by atoms with Gasteiger partial charge in [0.2, 0.25) is 0 Å². The first-order valence-corrected chi connectivity index (χ1v) is 7.30. The molecule has 1 N–H and O–H groups in total. The molecule has 2 unspecified atom stereocenters. The summed E-state index contributed by atoms with van der Waals surface area (Å²) in [5, 5.41) is 10.5. The highest BCUT2D eigenvalue weighted by atomic mass is 16.5. The van der Waals surface area contributed by atoms with Gasteiger partial charge in [0, 0.05) is 24.7 Å². The molecule has 0 aromatic heterocycles. The molecule has 4 nitrogen and oxygen atoms in total. The zero-order valence-electron chi connectivity index (χ0n) is 12.6. The van der Waals surface area contributed by atoms with Crippen molar-refractivity contribution < 1.29 is 14.6 Å². The third-order valence-corrected chi connectivity index (χ3v) is 4.18. The van der Waals surface area contributed by atoms with Gasteiger partial charge in [-0.1, -0.05) is 13.3 Å². The third kappa shape index (κ3) is 3.44. The lowest BCUT2D eigenvalue weighted by molar-refractivity contribution is 0.121. The number of nitrogens with zero attached hydrogens (tertiary/aromatic N) is 1. The summed E-state index contributed by atoms with van der Waals surface area (Å²) >= 11 is 0. The van der Waals surface area contributed by atoms with E-state index in [1.165, 1.54) is 12.8 Å². The number of likely N-dealkylation sites (tertiary alicyclic amines) is 1. The van der Waals surface area contributed by atoms with Crippen molar-refractivity contribution in [2.45, 2.75) is 25.9 Å². The predicted octanol–water partition coefficient (Wildman–Crippen LogP) is 2.47. The van der Waals surface area contributed by atoms with Crippen LogP contribution in [-0.2, 0) is 0 Å². The van der Waals surface area contributed by atoms with E-state index in [1.807, 2.05) is 18.2 Å². The van der Waals surface area contributed by atoms with Crippen molar-refractivity contribution in [2.75, 3.05) is 33.9 Å². The Bertz CT molecular complexity index is 436. The Morgan fingerprint density at radius 1 is 1.35 bits per heavy atom.